The fraction of sp³-hybridized carbons (Fsp3) is 0.552. The molecule has 3 atom stereocenters. The average molecular weight is 581 g/mol. The lowest BCUT2D eigenvalue weighted by Gasteiger charge is -2.42. The number of rotatable bonds is 8. The van der Waals surface area contributed by atoms with E-state index in [-0.39, 0.29) is 23.4 Å². The molecule has 12 nitrogen and oxygen atoms in total. The minimum atomic E-state index is -1.44. The third-order valence-corrected chi connectivity index (χ3v) is 8.82. The van der Waals surface area contributed by atoms with Crippen LogP contribution in [0.15, 0.2) is 30.5 Å². The molecule has 13 heteroatoms. The van der Waals surface area contributed by atoms with Crippen molar-refractivity contribution in [3.05, 3.63) is 42.0 Å². The Morgan fingerprint density at radius 1 is 1.02 bits per heavy atom. The number of nitrogens with zero attached hydrogens (tertiary/aromatic N) is 6. The summed E-state index contributed by atoms with van der Waals surface area (Å²) in [7, 11) is 2.17. The molecule has 2 aliphatic heterocycles. The van der Waals surface area contributed by atoms with Crippen molar-refractivity contribution in [3.63, 3.8) is 0 Å². The second-order valence-electron chi connectivity index (χ2n) is 11.7. The highest BCUT2D eigenvalue weighted by Crippen LogP contribution is 2.34. The summed E-state index contributed by atoms with van der Waals surface area (Å²) in [4.78, 5) is 16.4. The number of aromatic amines is 1. The van der Waals surface area contributed by atoms with Gasteiger partial charge in [0.05, 0.1) is 17.8 Å². The van der Waals surface area contributed by atoms with E-state index in [1.165, 1.54) is 6.07 Å². The molecule has 3 aromatic rings. The first-order valence-electron chi connectivity index (χ1n) is 14.9. The summed E-state index contributed by atoms with van der Waals surface area (Å²) in [6.45, 7) is 6.02. The largest absolute Gasteiger partial charge is 0.391 e. The molecule has 0 amide bonds. The highest BCUT2D eigenvalue weighted by Gasteiger charge is 2.30. The number of aliphatic hydroxyl groups is 2. The number of halogens is 1. The van der Waals surface area contributed by atoms with Gasteiger partial charge in [0.15, 0.2) is 11.6 Å². The van der Waals surface area contributed by atoms with Crippen molar-refractivity contribution in [3.8, 4) is 11.4 Å². The van der Waals surface area contributed by atoms with Gasteiger partial charge in [0.2, 0.25) is 0 Å². The van der Waals surface area contributed by atoms with Gasteiger partial charge in [0.25, 0.3) is 0 Å². The van der Waals surface area contributed by atoms with Gasteiger partial charge in [0.1, 0.15) is 29.1 Å². The van der Waals surface area contributed by atoms with Gasteiger partial charge in [-0.25, -0.2) is 14.4 Å². The van der Waals surface area contributed by atoms with E-state index in [0.717, 1.165) is 65.0 Å². The van der Waals surface area contributed by atoms with Crippen LogP contribution in [0.2, 0.25) is 0 Å². The molecule has 3 aliphatic rings. The predicted molar refractivity (Wildman–Crippen MR) is 160 cm³/mol. The molecule has 1 saturated carbocycles. The van der Waals surface area contributed by atoms with Crippen LogP contribution in [0.25, 0.3) is 11.4 Å². The topological polar surface area (TPSA) is 155 Å². The van der Waals surface area contributed by atoms with Crippen LogP contribution in [-0.2, 0) is 0 Å². The maximum absolute atomic E-state index is 15.5. The zero-order valence-electron chi connectivity index (χ0n) is 24.0. The molecular formula is C29H41FN10O2. The van der Waals surface area contributed by atoms with Crippen LogP contribution in [0.5, 0.6) is 0 Å². The fourth-order valence-electron chi connectivity index (χ4n) is 6.34. The molecule has 226 valence electrons. The first-order valence-corrected chi connectivity index (χ1v) is 14.9. The number of nitrogens with two attached hydrogens (primary N) is 1. The third kappa shape index (κ3) is 6.20. The summed E-state index contributed by atoms with van der Waals surface area (Å²) in [5, 5.41) is 34.2. The van der Waals surface area contributed by atoms with Gasteiger partial charge in [-0.1, -0.05) is 0 Å². The normalized spacial score (nSPS) is 23.3. The highest BCUT2D eigenvalue weighted by atomic mass is 19.1. The van der Waals surface area contributed by atoms with Crippen molar-refractivity contribution in [2.45, 2.75) is 56.5 Å². The number of piperidine rings is 1. The standard InChI is InChI=1S/C29H41FN10O2/c1-38-13-15-39(16-14-38)19-8-11-40(12-9-19)23-6-5-18(17-20(23)30)33-29-26(27(31)42)35-25(22-7-10-32-37-22)28(36-29)34-21-3-2-4-24(21)41/h5-7,10,17,19,21,24,27,41-42H,2-4,8-9,11-16,31H2,1H3,(H,32,37)(H2,33,34,36). The van der Waals surface area contributed by atoms with Crippen molar-refractivity contribution >= 4 is 23.0 Å². The van der Waals surface area contributed by atoms with Gasteiger partial charge in [-0.2, -0.15) is 5.10 Å². The average Bonchev–Trinajstić information content (AvgIpc) is 3.66. The van der Waals surface area contributed by atoms with Crippen LogP contribution in [-0.4, -0.2) is 105 Å². The van der Waals surface area contributed by atoms with E-state index >= 15 is 4.39 Å². The highest BCUT2D eigenvalue weighted by molar-refractivity contribution is 5.73. The lowest BCUT2D eigenvalue weighted by molar-refractivity contribution is 0.0981. The Hall–Kier alpha value is -3.36. The van der Waals surface area contributed by atoms with E-state index in [1.807, 2.05) is 0 Å². The molecule has 3 unspecified atom stereocenters. The molecule has 42 heavy (non-hydrogen) atoms. The van der Waals surface area contributed by atoms with Crippen molar-refractivity contribution in [1.82, 2.24) is 30.0 Å². The van der Waals surface area contributed by atoms with Crippen LogP contribution >= 0.6 is 0 Å². The number of nitrogens with one attached hydrogen (secondary N) is 3. The second kappa shape index (κ2) is 12.5. The molecule has 3 fully saturated rings. The number of benzene rings is 1. The van der Waals surface area contributed by atoms with Gasteiger partial charge in [-0.15, -0.1) is 0 Å². The van der Waals surface area contributed by atoms with Crippen LogP contribution in [0.1, 0.15) is 44.0 Å². The van der Waals surface area contributed by atoms with Crippen molar-refractivity contribution in [2.75, 3.05) is 61.8 Å². The number of anilines is 4. The van der Waals surface area contributed by atoms with Crippen molar-refractivity contribution in [2.24, 2.45) is 5.73 Å². The molecular weight excluding hydrogens is 539 g/mol. The lowest BCUT2D eigenvalue weighted by Crippen LogP contribution is -2.52. The van der Waals surface area contributed by atoms with Gasteiger partial charge in [0, 0.05) is 57.2 Å². The number of aromatic nitrogens is 4. The Bertz CT molecular complexity index is 1340. The quantitative estimate of drug-likeness (QED) is 0.217. The molecule has 1 aromatic carbocycles. The Kier molecular flexibility index (Phi) is 8.54. The van der Waals surface area contributed by atoms with Crippen LogP contribution in [0.4, 0.5) is 27.4 Å². The lowest BCUT2D eigenvalue weighted by atomic mass is 10.0. The Morgan fingerprint density at radius 3 is 2.45 bits per heavy atom. The number of H-pyrrole nitrogens is 1. The monoisotopic (exact) mass is 580 g/mol. The number of aliphatic hydroxyl groups excluding tert-OH is 2. The number of likely N-dealkylation sites (N-methyl/N-ethyl adjacent to an activating group) is 1. The molecule has 0 bridgehead atoms. The number of hydrogen-bond acceptors (Lipinski definition) is 11. The number of hydrogen-bond donors (Lipinski definition) is 6. The molecule has 0 spiro atoms. The SMILES string of the molecule is CN1CCN(C2CCN(c3ccc(Nc4nc(NC5CCCC5O)c(-c5cc[nH]n5)nc4C(N)O)cc3F)CC2)CC1. The van der Waals surface area contributed by atoms with Gasteiger partial charge < -0.3 is 36.4 Å². The molecule has 2 saturated heterocycles. The zero-order chi connectivity index (χ0) is 29.2. The van der Waals surface area contributed by atoms with E-state index < -0.39 is 12.3 Å². The minimum absolute atomic E-state index is 0.0981. The first-order chi connectivity index (χ1) is 20.4. The van der Waals surface area contributed by atoms with E-state index in [4.69, 9.17) is 10.7 Å². The fourth-order valence-corrected chi connectivity index (χ4v) is 6.34. The predicted octanol–water partition coefficient (Wildman–Crippen LogP) is 2.24. The van der Waals surface area contributed by atoms with Crippen LogP contribution in [0.3, 0.4) is 0 Å². The second-order valence-corrected chi connectivity index (χ2v) is 11.7. The summed E-state index contributed by atoms with van der Waals surface area (Å²) < 4.78 is 15.5. The Morgan fingerprint density at radius 2 is 1.81 bits per heavy atom. The van der Waals surface area contributed by atoms with E-state index in [0.29, 0.717) is 41.0 Å². The molecule has 7 N–H and O–H groups in total. The van der Waals surface area contributed by atoms with Crippen molar-refractivity contribution in [1.29, 1.82) is 0 Å². The van der Waals surface area contributed by atoms with Crippen LogP contribution in [0, 0.1) is 5.82 Å². The molecule has 6 rings (SSSR count). The zero-order valence-corrected chi connectivity index (χ0v) is 24.0. The van der Waals surface area contributed by atoms with Crippen molar-refractivity contribution < 1.29 is 14.6 Å². The maximum Gasteiger partial charge on any atom is 0.158 e. The van der Waals surface area contributed by atoms with E-state index in [9.17, 15) is 10.2 Å². The maximum atomic E-state index is 15.5. The van der Waals surface area contributed by atoms with E-state index in [2.05, 4.69) is 47.6 Å². The summed E-state index contributed by atoms with van der Waals surface area (Å²) in [5.74, 6) is 0.251. The molecule has 0 radical (unpaired) electrons. The smallest absolute Gasteiger partial charge is 0.158 e. The molecule has 1 aliphatic carbocycles. The minimum Gasteiger partial charge on any atom is -0.391 e. The Balaban J connectivity index is 1.20. The Labute approximate surface area is 245 Å². The summed E-state index contributed by atoms with van der Waals surface area (Å²) in [6.07, 6.45) is 4.13. The summed E-state index contributed by atoms with van der Waals surface area (Å²) in [5.41, 5.74) is 7.92. The summed E-state index contributed by atoms with van der Waals surface area (Å²) in [6, 6.07) is 7.11. The van der Waals surface area contributed by atoms with Crippen LogP contribution < -0.4 is 21.3 Å². The van der Waals surface area contributed by atoms with Gasteiger partial charge >= 0.3 is 0 Å². The summed E-state index contributed by atoms with van der Waals surface area (Å²) >= 11 is 0. The van der Waals surface area contributed by atoms with Gasteiger partial charge in [-0.05, 0) is 63.4 Å². The van der Waals surface area contributed by atoms with Gasteiger partial charge in [-0.3, -0.25) is 10.00 Å². The third-order valence-electron chi connectivity index (χ3n) is 8.82. The van der Waals surface area contributed by atoms with E-state index in [1.54, 1.807) is 24.4 Å². The first kappa shape index (κ1) is 28.7. The molecule has 4 heterocycles. The number of piperazine rings is 1. The molecule has 2 aromatic heterocycles.